The Labute approximate surface area is 180 Å². The van der Waals surface area contributed by atoms with Crippen molar-refractivity contribution < 1.29 is 32.6 Å². The highest BCUT2D eigenvalue weighted by Crippen LogP contribution is 2.37. The summed E-state index contributed by atoms with van der Waals surface area (Å²) < 4.78 is 47.3. The van der Waals surface area contributed by atoms with Crippen LogP contribution < -0.4 is 10.1 Å². The fourth-order valence-corrected chi connectivity index (χ4v) is 4.19. The van der Waals surface area contributed by atoms with Gasteiger partial charge in [0.15, 0.2) is 17.4 Å². The minimum atomic E-state index is -1.52. The number of nitrogens with one attached hydrogen (secondary N) is 1. The van der Waals surface area contributed by atoms with Crippen molar-refractivity contribution in [2.75, 3.05) is 12.4 Å². The predicted molar refractivity (Wildman–Crippen MR) is 110 cm³/mol. The highest BCUT2D eigenvalue weighted by atomic mass is 127. The summed E-state index contributed by atoms with van der Waals surface area (Å²) in [5, 5.41) is 13.2. The number of carboxylic acids is 1. The van der Waals surface area contributed by atoms with Crippen molar-refractivity contribution in [3.8, 4) is 16.2 Å². The van der Waals surface area contributed by atoms with E-state index in [1.807, 2.05) is 6.07 Å². The Balaban J connectivity index is 2.04. The van der Waals surface area contributed by atoms with Gasteiger partial charge < -0.3 is 15.2 Å². The van der Waals surface area contributed by atoms with Crippen molar-refractivity contribution in [3.63, 3.8) is 0 Å². The largest absolute Gasteiger partial charge is 0.491 e. The molecule has 1 heterocycles. The summed E-state index contributed by atoms with van der Waals surface area (Å²) in [5.74, 6) is -7.78. The SMILES string of the molecule is COc1c(F)cc(F)c(C(=O)Nc2csc(-c3cccc(I)c3)c2C(=O)O)c1F. The molecule has 0 unspecified atom stereocenters. The van der Waals surface area contributed by atoms with Crippen LogP contribution in [0.15, 0.2) is 35.7 Å². The van der Waals surface area contributed by atoms with Crippen LogP contribution in [0.25, 0.3) is 10.4 Å². The number of rotatable bonds is 5. The average Bonchev–Trinajstić information content (AvgIpc) is 3.05. The van der Waals surface area contributed by atoms with E-state index in [-0.39, 0.29) is 11.3 Å². The number of hydrogen-bond acceptors (Lipinski definition) is 4. The van der Waals surface area contributed by atoms with E-state index in [2.05, 4.69) is 32.6 Å². The van der Waals surface area contributed by atoms with E-state index in [4.69, 9.17) is 0 Å². The normalized spacial score (nSPS) is 10.7. The van der Waals surface area contributed by atoms with Gasteiger partial charge in [-0.05, 0) is 40.3 Å². The Hall–Kier alpha value is -2.60. The van der Waals surface area contributed by atoms with Crippen LogP contribution in [0.4, 0.5) is 18.9 Å². The number of aromatic carboxylic acids is 1. The molecule has 0 atom stereocenters. The lowest BCUT2D eigenvalue weighted by molar-refractivity contribution is 0.0699. The van der Waals surface area contributed by atoms with Crippen molar-refractivity contribution in [3.05, 3.63) is 67.9 Å². The molecule has 0 aliphatic carbocycles. The number of thiophene rings is 1. The fraction of sp³-hybridized carbons (Fsp3) is 0.0526. The number of amides is 1. The summed E-state index contributed by atoms with van der Waals surface area (Å²) in [5.41, 5.74) is -0.828. The molecule has 5 nitrogen and oxygen atoms in total. The van der Waals surface area contributed by atoms with Crippen LogP contribution in [0.5, 0.6) is 5.75 Å². The van der Waals surface area contributed by atoms with Gasteiger partial charge in [0.1, 0.15) is 16.9 Å². The number of carbonyl (C=O) groups excluding carboxylic acids is 1. The summed E-state index contributed by atoms with van der Waals surface area (Å²) in [6.45, 7) is 0. The third kappa shape index (κ3) is 4.08. The van der Waals surface area contributed by atoms with E-state index in [9.17, 15) is 27.9 Å². The number of carbonyl (C=O) groups is 2. The number of halogens is 4. The first kappa shape index (κ1) is 21.1. The van der Waals surface area contributed by atoms with E-state index in [0.29, 0.717) is 16.5 Å². The molecule has 0 spiro atoms. The topological polar surface area (TPSA) is 75.6 Å². The number of benzene rings is 2. The van der Waals surface area contributed by atoms with Crippen molar-refractivity contribution in [2.45, 2.75) is 0 Å². The molecule has 29 heavy (non-hydrogen) atoms. The highest BCUT2D eigenvalue weighted by molar-refractivity contribution is 14.1. The molecule has 0 radical (unpaired) electrons. The van der Waals surface area contributed by atoms with Gasteiger partial charge in [0.2, 0.25) is 0 Å². The average molecular weight is 533 g/mol. The lowest BCUT2D eigenvalue weighted by atomic mass is 10.1. The molecule has 0 saturated carbocycles. The van der Waals surface area contributed by atoms with Crippen LogP contribution in [-0.4, -0.2) is 24.1 Å². The summed E-state index contributed by atoms with van der Waals surface area (Å²) in [6.07, 6.45) is 0. The van der Waals surface area contributed by atoms with E-state index >= 15 is 0 Å². The second kappa shape index (κ2) is 8.41. The Kier molecular flexibility index (Phi) is 6.13. The Morgan fingerprint density at radius 3 is 2.48 bits per heavy atom. The Morgan fingerprint density at radius 2 is 1.86 bits per heavy atom. The first-order valence-electron chi connectivity index (χ1n) is 7.88. The van der Waals surface area contributed by atoms with Crippen LogP contribution >= 0.6 is 33.9 Å². The molecule has 0 saturated heterocycles. The molecular weight excluding hydrogens is 522 g/mol. The summed E-state index contributed by atoms with van der Waals surface area (Å²) >= 11 is 3.12. The van der Waals surface area contributed by atoms with Gasteiger partial charge >= 0.3 is 5.97 Å². The summed E-state index contributed by atoms with van der Waals surface area (Å²) in [6, 6.07) is 7.36. The van der Waals surface area contributed by atoms with Gasteiger partial charge in [-0.3, -0.25) is 4.79 Å². The maximum atomic E-state index is 14.3. The van der Waals surface area contributed by atoms with Gasteiger partial charge in [0.05, 0.1) is 17.7 Å². The molecule has 0 aliphatic rings. The fourth-order valence-electron chi connectivity index (χ4n) is 2.66. The third-order valence-corrected chi connectivity index (χ3v) is 5.60. The van der Waals surface area contributed by atoms with Crippen LogP contribution in [0.1, 0.15) is 20.7 Å². The molecular formula is C19H11F3INO4S. The first-order chi connectivity index (χ1) is 13.7. The van der Waals surface area contributed by atoms with Crippen LogP contribution in [0, 0.1) is 21.0 Å². The lowest BCUT2D eigenvalue weighted by Gasteiger charge is -2.11. The van der Waals surface area contributed by atoms with Gasteiger partial charge in [0, 0.05) is 15.0 Å². The van der Waals surface area contributed by atoms with Crippen LogP contribution in [-0.2, 0) is 0 Å². The molecule has 0 fully saturated rings. The second-order valence-electron chi connectivity index (χ2n) is 5.69. The van der Waals surface area contributed by atoms with Gasteiger partial charge in [-0.15, -0.1) is 11.3 Å². The van der Waals surface area contributed by atoms with Crippen molar-refractivity contribution >= 4 is 51.5 Å². The number of anilines is 1. The maximum absolute atomic E-state index is 14.3. The van der Waals surface area contributed by atoms with E-state index in [1.54, 1.807) is 18.2 Å². The molecule has 0 bridgehead atoms. The van der Waals surface area contributed by atoms with E-state index in [0.717, 1.165) is 22.0 Å². The minimum absolute atomic E-state index is 0.136. The van der Waals surface area contributed by atoms with Gasteiger partial charge in [-0.25, -0.2) is 18.0 Å². The van der Waals surface area contributed by atoms with Gasteiger partial charge in [-0.2, -0.15) is 0 Å². The van der Waals surface area contributed by atoms with Crippen LogP contribution in [0.2, 0.25) is 0 Å². The molecule has 2 aromatic carbocycles. The standard InChI is InChI=1S/C19H11F3INO4S/c1-28-16-11(21)6-10(20)13(15(16)22)18(25)24-12-7-29-17(14(12)19(26)27)8-3-2-4-9(23)5-8/h2-7H,1H3,(H,24,25)(H,26,27). The minimum Gasteiger partial charge on any atom is -0.491 e. The molecule has 2 N–H and O–H groups in total. The van der Waals surface area contributed by atoms with Crippen molar-refractivity contribution in [1.29, 1.82) is 0 Å². The molecule has 150 valence electrons. The quantitative estimate of drug-likeness (QED) is 0.431. The Morgan fingerprint density at radius 1 is 1.14 bits per heavy atom. The highest BCUT2D eigenvalue weighted by Gasteiger charge is 2.27. The monoisotopic (exact) mass is 533 g/mol. The predicted octanol–water partition coefficient (Wildman–Crippen LogP) is 5.40. The zero-order chi connectivity index (χ0) is 21.3. The molecule has 10 heteroatoms. The van der Waals surface area contributed by atoms with Gasteiger partial charge in [0.25, 0.3) is 5.91 Å². The number of ether oxygens (including phenoxy) is 1. The Bertz CT molecular complexity index is 1130. The zero-order valence-corrected chi connectivity index (χ0v) is 17.5. The zero-order valence-electron chi connectivity index (χ0n) is 14.6. The number of hydrogen-bond donors (Lipinski definition) is 2. The van der Waals surface area contributed by atoms with Crippen molar-refractivity contribution in [1.82, 2.24) is 0 Å². The summed E-state index contributed by atoms with van der Waals surface area (Å²) in [4.78, 5) is 24.6. The van der Waals surface area contributed by atoms with Gasteiger partial charge in [-0.1, -0.05) is 12.1 Å². The molecule has 1 amide bonds. The number of carboxylic acid groups (broad SMARTS) is 1. The molecule has 0 aliphatic heterocycles. The molecule has 3 aromatic rings. The third-order valence-electron chi connectivity index (χ3n) is 3.90. The van der Waals surface area contributed by atoms with Crippen molar-refractivity contribution in [2.24, 2.45) is 0 Å². The second-order valence-corrected chi connectivity index (χ2v) is 7.81. The smallest absolute Gasteiger partial charge is 0.339 e. The summed E-state index contributed by atoms with van der Waals surface area (Å²) in [7, 11) is 0.968. The van der Waals surface area contributed by atoms with Crippen LogP contribution in [0.3, 0.4) is 0 Å². The number of methoxy groups -OCH3 is 1. The maximum Gasteiger partial charge on any atom is 0.339 e. The molecule has 3 rings (SSSR count). The first-order valence-corrected chi connectivity index (χ1v) is 9.84. The van der Waals surface area contributed by atoms with E-state index in [1.165, 1.54) is 5.38 Å². The molecule has 1 aromatic heterocycles. The lowest BCUT2D eigenvalue weighted by Crippen LogP contribution is -2.18. The van der Waals surface area contributed by atoms with E-state index < -0.39 is 40.6 Å².